The third kappa shape index (κ3) is 3.05. The van der Waals surface area contributed by atoms with Gasteiger partial charge in [0.1, 0.15) is 18.2 Å². The van der Waals surface area contributed by atoms with Gasteiger partial charge in [0.15, 0.2) is 0 Å². The van der Waals surface area contributed by atoms with Gasteiger partial charge in [0.2, 0.25) is 0 Å². The molecule has 0 aliphatic carbocycles. The molecule has 3 aromatic rings. The summed E-state index contributed by atoms with van der Waals surface area (Å²) in [6.45, 7) is 4.56. The standard InChI is InChI=1S/C20H21N3O/c1-14-11-16(24-13-15-5-3-2-4-6-15)7-8-17(14)20-22-18-9-10-21-12-19(18)23-20/h2-8,11,21H,9-10,12-13H2,1H3,(H,22,23). The van der Waals surface area contributed by atoms with Crippen LogP contribution in [0.15, 0.2) is 48.5 Å². The molecule has 4 nitrogen and oxygen atoms in total. The summed E-state index contributed by atoms with van der Waals surface area (Å²) in [5.74, 6) is 1.84. The van der Waals surface area contributed by atoms with Crippen LogP contribution in [0.5, 0.6) is 5.75 Å². The van der Waals surface area contributed by atoms with Crippen LogP contribution in [-0.4, -0.2) is 16.5 Å². The molecule has 122 valence electrons. The molecule has 0 radical (unpaired) electrons. The summed E-state index contributed by atoms with van der Waals surface area (Å²) in [4.78, 5) is 8.22. The fourth-order valence-electron chi connectivity index (χ4n) is 3.08. The molecule has 0 spiro atoms. The second-order valence-electron chi connectivity index (χ2n) is 6.19. The van der Waals surface area contributed by atoms with Gasteiger partial charge in [-0.2, -0.15) is 0 Å². The zero-order chi connectivity index (χ0) is 16.4. The minimum absolute atomic E-state index is 0.584. The second kappa shape index (κ2) is 6.49. The summed E-state index contributed by atoms with van der Waals surface area (Å²) in [5.41, 5.74) is 5.87. The molecule has 2 N–H and O–H groups in total. The third-order valence-electron chi connectivity index (χ3n) is 4.41. The maximum atomic E-state index is 5.90. The van der Waals surface area contributed by atoms with Gasteiger partial charge in [0, 0.05) is 25.1 Å². The molecule has 0 bridgehead atoms. The minimum atomic E-state index is 0.584. The molecule has 2 heterocycles. The number of benzene rings is 2. The van der Waals surface area contributed by atoms with E-state index in [2.05, 4.69) is 41.5 Å². The Morgan fingerprint density at radius 1 is 1.12 bits per heavy atom. The normalized spacial score (nSPS) is 13.5. The Bertz CT molecular complexity index is 816. The molecule has 1 aromatic heterocycles. The zero-order valence-electron chi connectivity index (χ0n) is 13.8. The van der Waals surface area contributed by atoms with Crippen LogP contribution in [-0.2, 0) is 19.6 Å². The lowest BCUT2D eigenvalue weighted by Gasteiger charge is -2.09. The maximum Gasteiger partial charge on any atom is 0.138 e. The molecule has 0 atom stereocenters. The van der Waals surface area contributed by atoms with Crippen molar-refractivity contribution in [3.8, 4) is 17.1 Å². The van der Waals surface area contributed by atoms with Crippen LogP contribution in [0.1, 0.15) is 22.5 Å². The van der Waals surface area contributed by atoms with Crippen LogP contribution >= 0.6 is 0 Å². The minimum Gasteiger partial charge on any atom is -0.489 e. The lowest BCUT2D eigenvalue weighted by molar-refractivity contribution is 0.306. The van der Waals surface area contributed by atoms with Gasteiger partial charge in [-0.3, -0.25) is 0 Å². The Labute approximate surface area is 141 Å². The summed E-state index contributed by atoms with van der Waals surface area (Å²) in [5, 5.41) is 3.37. The van der Waals surface area contributed by atoms with Gasteiger partial charge < -0.3 is 15.0 Å². The van der Waals surface area contributed by atoms with Crippen LogP contribution in [0.2, 0.25) is 0 Å². The third-order valence-corrected chi connectivity index (χ3v) is 4.41. The van der Waals surface area contributed by atoms with Crippen molar-refractivity contribution in [2.24, 2.45) is 0 Å². The van der Waals surface area contributed by atoms with E-state index in [9.17, 15) is 0 Å². The molecule has 1 aliphatic heterocycles. The van der Waals surface area contributed by atoms with Gasteiger partial charge in [-0.25, -0.2) is 4.98 Å². The van der Waals surface area contributed by atoms with Gasteiger partial charge in [-0.15, -0.1) is 0 Å². The van der Waals surface area contributed by atoms with E-state index in [-0.39, 0.29) is 0 Å². The molecule has 4 rings (SSSR count). The molecule has 24 heavy (non-hydrogen) atoms. The predicted octanol–water partition coefficient (Wildman–Crippen LogP) is 3.61. The van der Waals surface area contributed by atoms with Crippen molar-refractivity contribution in [1.29, 1.82) is 0 Å². The largest absolute Gasteiger partial charge is 0.489 e. The highest BCUT2D eigenvalue weighted by molar-refractivity contribution is 5.62. The molecular weight excluding hydrogens is 298 g/mol. The number of nitrogens with zero attached hydrogens (tertiary/aromatic N) is 1. The fraction of sp³-hybridized carbons (Fsp3) is 0.250. The van der Waals surface area contributed by atoms with Crippen LogP contribution < -0.4 is 10.1 Å². The molecule has 0 unspecified atom stereocenters. The first kappa shape index (κ1) is 15.0. The average molecular weight is 319 g/mol. The number of aromatic nitrogens is 2. The fourth-order valence-corrected chi connectivity index (χ4v) is 3.08. The Morgan fingerprint density at radius 3 is 2.79 bits per heavy atom. The van der Waals surface area contributed by atoms with Gasteiger partial charge in [0.25, 0.3) is 0 Å². The van der Waals surface area contributed by atoms with E-state index in [0.717, 1.165) is 36.6 Å². The highest BCUT2D eigenvalue weighted by atomic mass is 16.5. The highest BCUT2D eigenvalue weighted by Gasteiger charge is 2.16. The Balaban J connectivity index is 1.52. The van der Waals surface area contributed by atoms with Crippen LogP contribution in [0, 0.1) is 6.92 Å². The Morgan fingerprint density at radius 2 is 2.00 bits per heavy atom. The predicted molar refractivity (Wildman–Crippen MR) is 94.9 cm³/mol. The lowest BCUT2D eigenvalue weighted by atomic mass is 10.1. The van der Waals surface area contributed by atoms with E-state index in [0.29, 0.717) is 6.61 Å². The first-order chi connectivity index (χ1) is 11.8. The first-order valence-corrected chi connectivity index (χ1v) is 8.36. The number of rotatable bonds is 4. The molecule has 1 aliphatic rings. The number of ether oxygens (including phenoxy) is 1. The van der Waals surface area contributed by atoms with E-state index in [4.69, 9.17) is 9.72 Å². The molecule has 0 fully saturated rings. The quantitative estimate of drug-likeness (QED) is 0.772. The van der Waals surface area contributed by atoms with Crippen molar-refractivity contribution in [1.82, 2.24) is 15.3 Å². The molecule has 0 amide bonds. The Hall–Kier alpha value is -2.59. The summed E-state index contributed by atoms with van der Waals surface area (Å²) < 4.78 is 5.90. The van der Waals surface area contributed by atoms with Crippen molar-refractivity contribution in [2.45, 2.75) is 26.5 Å². The topological polar surface area (TPSA) is 49.9 Å². The Kier molecular flexibility index (Phi) is 4.05. The van der Waals surface area contributed by atoms with Crippen LogP contribution in [0.4, 0.5) is 0 Å². The van der Waals surface area contributed by atoms with Crippen molar-refractivity contribution in [2.75, 3.05) is 6.54 Å². The summed E-state index contributed by atoms with van der Waals surface area (Å²) in [6.07, 6.45) is 0.989. The molecule has 4 heteroatoms. The molecular formula is C20H21N3O. The zero-order valence-corrected chi connectivity index (χ0v) is 13.8. The van der Waals surface area contributed by atoms with Gasteiger partial charge in [-0.1, -0.05) is 30.3 Å². The van der Waals surface area contributed by atoms with Crippen molar-refractivity contribution < 1.29 is 4.74 Å². The molecule has 0 saturated carbocycles. The van der Waals surface area contributed by atoms with Crippen LogP contribution in [0.25, 0.3) is 11.4 Å². The monoisotopic (exact) mass is 319 g/mol. The first-order valence-electron chi connectivity index (χ1n) is 8.36. The van der Waals surface area contributed by atoms with Crippen molar-refractivity contribution >= 4 is 0 Å². The average Bonchev–Trinajstić information content (AvgIpc) is 3.04. The van der Waals surface area contributed by atoms with E-state index in [1.807, 2.05) is 24.3 Å². The summed E-state index contributed by atoms with van der Waals surface area (Å²) in [7, 11) is 0. The van der Waals surface area contributed by atoms with E-state index >= 15 is 0 Å². The van der Waals surface area contributed by atoms with Gasteiger partial charge in [0.05, 0.1) is 11.4 Å². The number of hydrogen-bond donors (Lipinski definition) is 2. The van der Waals surface area contributed by atoms with Crippen molar-refractivity contribution in [3.05, 3.63) is 71.0 Å². The summed E-state index contributed by atoms with van der Waals surface area (Å²) in [6, 6.07) is 16.4. The van der Waals surface area contributed by atoms with Crippen molar-refractivity contribution in [3.63, 3.8) is 0 Å². The highest BCUT2D eigenvalue weighted by Crippen LogP contribution is 2.27. The van der Waals surface area contributed by atoms with Gasteiger partial charge >= 0.3 is 0 Å². The number of nitrogens with one attached hydrogen (secondary N) is 2. The maximum absolute atomic E-state index is 5.90. The number of aromatic amines is 1. The van der Waals surface area contributed by atoms with E-state index < -0.39 is 0 Å². The van der Waals surface area contributed by atoms with Gasteiger partial charge in [-0.05, 0) is 36.2 Å². The summed E-state index contributed by atoms with van der Waals surface area (Å²) >= 11 is 0. The number of fused-ring (bicyclic) bond motifs is 1. The number of aryl methyl sites for hydroxylation is 1. The van der Waals surface area contributed by atoms with E-state index in [1.54, 1.807) is 0 Å². The van der Waals surface area contributed by atoms with Crippen LogP contribution in [0.3, 0.4) is 0 Å². The molecule has 0 saturated heterocycles. The number of hydrogen-bond acceptors (Lipinski definition) is 3. The number of imidazole rings is 1. The number of H-pyrrole nitrogens is 1. The smallest absolute Gasteiger partial charge is 0.138 e. The molecule has 2 aromatic carbocycles. The lowest BCUT2D eigenvalue weighted by Crippen LogP contribution is -2.23. The van der Waals surface area contributed by atoms with E-state index in [1.165, 1.54) is 22.5 Å². The SMILES string of the molecule is Cc1cc(OCc2ccccc2)ccc1-c1nc2c([nH]1)CNCC2. The second-order valence-corrected chi connectivity index (χ2v) is 6.19.